The van der Waals surface area contributed by atoms with Crippen LogP contribution >= 0.6 is 0 Å². The monoisotopic (exact) mass is 106 g/mol. The molecule has 0 aliphatic carbocycles. The summed E-state index contributed by atoms with van der Waals surface area (Å²) >= 11 is 0. The minimum absolute atomic E-state index is 0.479. The smallest absolute Gasteiger partial charge is 0.105 e. The summed E-state index contributed by atoms with van der Waals surface area (Å²) in [5.74, 6) is 0. The molecule has 0 aliphatic heterocycles. The molecular formula is C5H4N3. The van der Waals surface area contributed by atoms with Gasteiger partial charge >= 0.3 is 0 Å². The van der Waals surface area contributed by atoms with Crippen molar-refractivity contribution in [3.8, 4) is 6.07 Å². The summed E-state index contributed by atoms with van der Waals surface area (Å²) in [4.78, 5) is 0. The van der Waals surface area contributed by atoms with E-state index in [1.54, 1.807) is 7.05 Å². The normalized spacial score (nSPS) is 8.50. The quantitative estimate of drug-likeness (QED) is 0.470. The van der Waals surface area contributed by atoms with E-state index in [0.29, 0.717) is 5.56 Å². The van der Waals surface area contributed by atoms with Gasteiger partial charge in [-0.05, 0) is 0 Å². The molecule has 3 heteroatoms. The molecule has 0 saturated carbocycles. The zero-order valence-corrected chi connectivity index (χ0v) is 4.42. The molecule has 0 N–H and O–H groups in total. The number of nitrogens with zero attached hydrogens (tertiary/aromatic N) is 3. The van der Waals surface area contributed by atoms with Gasteiger partial charge in [-0.3, -0.25) is 4.68 Å². The predicted molar refractivity (Wildman–Crippen MR) is 26.8 cm³/mol. The molecule has 0 aliphatic rings. The van der Waals surface area contributed by atoms with Gasteiger partial charge in [0, 0.05) is 7.05 Å². The van der Waals surface area contributed by atoms with Crippen molar-refractivity contribution in [1.82, 2.24) is 9.78 Å². The molecule has 1 radical (unpaired) electrons. The summed E-state index contributed by atoms with van der Waals surface area (Å²) in [6.07, 6.45) is 4.14. The van der Waals surface area contributed by atoms with Gasteiger partial charge < -0.3 is 0 Å². The Hall–Kier alpha value is -1.30. The first kappa shape index (κ1) is 4.85. The maximum atomic E-state index is 8.22. The maximum Gasteiger partial charge on any atom is 0.105 e. The lowest BCUT2D eigenvalue weighted by Crippen LogP contribution is -1.84. The van der Waals surface area contributed by atoms with Crippen LogP contribution in [0.15, 0.2) is 6.20 Å². The van der Waals surface area contributed by atoms with Crippen molar-refractivity contribution in [3.63, 3.8) is 0 Å². The van der Waals surface area contributed by atoms with Gasteiger partial charge in [0.1, 0.15) is 12.3 Å². The molecule has 0 fully saturated rings. The summed E-state index contributed by atoms with van der Waals surface area (Å²) in [5.41, 5.74) is 0.479. The van der Waals surface area contributed by atoms with Crippen molar-refractivity contribution in [2.75, 3.05) is 0 Å². The van der Waals surface area contributed by atoms with Crippen LogP contribution in [0.2, 0.25) is 0 Å². The molecule has 0 saturated heterocycles. The van der Waals surface area contributed by atoms with Gasteiger partial charge in [0.2, 0.25) is 0 Å². The highest BCUT2D eigenvalue weighted by atomic mass is 15.2. The molecule has 0 spiro atoms. The van der Waals surface area contributed by atoms with Gasteiger partial charge in [0.15, 0.2) is 0 Å². The molecule has 0 atom stereocenters. The zero-order valence-electron chi connectivity index (χ0n) is 4.42. The van der Waals surface area contributed by atoms with Crippen LogP contribution in [0.5, 0.6) is 0 Å². The van der Waals surface area contributed by atoms with E-state index in [9.17, 15) is 0 Å². The van der Waals surface area contributed by atoms with Crippen LogP contribution < -0.4 is 0 Å². The summed E-state index contributed by atoms with van der Waals surface area (Å²) < 4.78 is 1.47. The number of hydrogen-bond acceptors (Lipinski definition) is 2. The highest BCUT2D eigenvalue weighted by molar-refractivity contribution is 5.19. The van der Waals surface area contributed by atoms with Gasteiger partial charge in [-0.1, -0.05) is 0 Å². The molecule has 0 unspecified atom stereocenters. The Kier molecular flexibility index (Phi) is 1.01. The Balaban J connectivity index is 3.05. The van der Waals surface area contributed by atoms with Gasteiger partial charge in [-0.2, -0.15) is 10.4 Å². The van der Waals surface area contributed by atoms with Crippen molar-refractivity contribution in [2.45, 2.75) is 0 Å². The standard InChI is InChI=1S/C5H4N3/c1-8-4-5(2-6)3-7-8/h3H,1H3. The van der Waals surface area contributed by atoms with Crippen LogP contribution in [0.1, 0.15) is 5.56 Å². The van der Waals surface area contributed by atoms with Crippen LogP contribution in [-0.4, -0.2) is 9.78 Å². The molecule has 8 heavy (non-hydrogen) atoms. The number of rotatable bonds is 0. The summed E-state index contributed by atoms with van der Waals surface area (Å²) in [5, 5.41) is 11.9. The van der Waals surface area contributed by atoms with Crippen molar-refractivity contribution in [3.05, 3.63) is 18.0 Å². The topological polar surface area (TPSA) is 41.6 Å². The number of nitriles is 1. The second-order valence-electron chi connectivity index (χ2n) is 1.41. The third-order valence-corrected chi connectivity index (χ3v) is 0.763. The Bertz CT molecular complexity index is 218. The first-order chi connectivity index (χ1) is 3.83. The first-order valence-electron chi connectivity index (χ1n) is 2.14. The number of aromatic nitrogens is 2. The average molecular weight is 106 g/mol. The van der Waals surface area contributed by atoms with Gasteiger partial charge in [-0.15, -0.1) is 0 Å². The Morgan fingerprint density at radius 2 is 2.75 bits per heavy atom. The largest absolute Gasteiger partial charge is 0.265 e. The summed E-state index contributed by atoms with van der Waals surface area (Å²) in [6, 6.07) is 1.91. The predicted octanol–water partition coefficient (Wildman–Crippen LogP) is 0.0920. The van der Waals surface area contributed by atoms with Gasteiger partial charge in [0.05, 0.1) is 11.8 Å². The third kappa shape index (κ3) is 0.684. The van der Waals surface area contributed by atoms with Crippen molar-refractivity contribution < 1.29 is 0 Å². The fraction of sp³-hybridized carbons (Fsp3) is 0.200. The van der Waals surface area contributed by atoms with Crippen LogP contribution in [0.4, 0.5) is 0 Å². The summed E-state index contributed by atoms with van der Waals surface area (Å²) in [6.45, 7) is 0. The molecule has 1 rings (SSSR count). The van der Waals surface area contributed by atoms with Crippen LogP contribution in [0.3, 0.4) is 0 Å². The Morgan fingerprint density at radius 3 is 3.00 bits per heavy atom. The van der Waals surface area contributed by atoms with Crippen LogP contribution in [0, 0.1) is 17.5 Å². The van der Waals surface area contributed by atoms with E-state index < -0.39 is 0 Å². The SMILES string of the molecule is Cn1[c]c(C#N)cn1. The van der Waals surface area contributed by atoms with Crippen molar-refractivity contribution >= 4 is 0 Å². The molecule has 1 heterocycles. The minimum atomic E-state index is 0.479. The van der Waals surface area contributed by atoms with E-state index in [0.717, 1.165) is 0 Å². The molecule has 0 amide bonds. The fourth-order valence-electron chi connectivity index (χ4n) is 0.430. The molecule has 1 aromatic heterocycles. The number of hydrogen-bond donors (Lipinski definition) is 0. The van der Waals surface area contributed by atoms with E-state index in [-0.39, 0.29) is 0 Å². The lowest BCUT2D eigenvalue weighted by atomic mass is 10.4. The average Bonchev–Trinajstić information content (AvgIpc) is 2.14. The highest BCUT2D eigenvalue weighted by Gasteiger charge is 1.89. The third-order valence-electron chi connectivity index (χ3n) is 0.763. The first-order valence-corrected chi connectivity index (χ1v) is 2.14. The maximum absolute atomic E-state index is 8.22. The Labute approximate surface area is 47.2 Å². The minimum Gasteiger partial charge on any atom is -0.265 e. The second kappa shape index (κ2) is 1.66. The summed E-state index contributed by atoms with van der Waals surface area (Å²) in [7, 11) is 1.72. The van der Waals surface area contributed by atoms with Crippen molar-refractivity contribution in [1.29, 1.82) is 5.26 Å². The van der Waals surface area contributed by atoms with Gasteiger partial charge in [0.25, 0.3) is 0 Å². The van der Waals surface area contributed by atoms with E-state index in [1.807, 2.05) is 6.07 Å². The molecule has 0 aromatic carbocycles. The van der Waals surface area contributed by atoms with E-state index in [1.165, 1.54) is 10.9 Å². The zero-order chi connectivity index (χ0) is 5.98. The van der Waals surface area contributed by atoms with Gasteiger partial charge in [-0.25, -0.2) is 0 Å². The fourth-order valence-corrected chi connectivity index (χ4v) is 0.430. The highest BCUT2D eigenvalue weighted by Crippen LogP contribution is 1.88. The molecule has 39 valence electrons. The van der Waals surface area contributed by atoms with Crippen LogP contribution in [-0.2, 0) is 7.05 Å². The molecule has 0 bridgehead atoms. The van der Waals surface area contributed by atoms with Crippen molar-refractivity contribution in [2.24, 2.45) is 7.05 Å². The molecule has 3 nitrogen and oxygen atoms in total. The van der Waals surface area contributed by atoms with E-state index in [4.69, 9.17) is 5.26 Å². The molecular weight excluding hydrogens is 102 g/mol. The molecule has 1 aromatic rings. The van der Waals surface area contributed by atoms with Crippen LogP contribution in [0.25, 0.3) is 0 Å². The lowest BCUT2D eigenvalue weighted by Gasteiger charge is -1.76. The second-order valence-corrected chi connectivity index (χ2v) is 1.41. The van der Waals surface area contributed by atoms with E-state index >= 15 is 0 Å². The number of aryl methyl sites for hydroxylation is 1. The lowest BCUT2D eigenvalue weighted by molar-refractivity contribution is 0.761. The van der Waals surface area contributed by atoms with E-state index in [2.05, 4.69) is 11.3 Å². The Morgan fingerprint density at radius 1 is 2.00 bits per heavy atom.